The number of hydrogen-bond acceptors (Lipinski definition) is 5. The van der Waals surface area contributed by atoms with Gasteiger partial charge in [-0.1, -0.05) is 27.7 Å². The topological polar surface area (TPSA) is 95.9 Å². The van der Waals surface area contributed by atoms with Crippen molar-refractivity contribution >= 4 is 17.8 Å². The van der Waals surface area contributed by atoms with E-state index in [2.05, 4.69) is 10.1 Å². The third-order valence-electron chi connectivity index (χ3n) is 3.05. The number of carbonyl (C=O) groups is 3. The van der Waals surface area contributed by atoms with Gasteiger partial charge in [-0.05, 0) is 24.7 Å². The molecule has 0 aromatic rings. The molecular formula is C15H28N2O5. The zero-order valence-electron chi connectivity index (χ0n) is 14.1. The van der Waals surface area contributed by atoms with Gasteiger partial charge >= 0.3 is 5.97 Å². The molecule has 22 heavy (non-hydrogen) atoms. The lowest BCUT2D eigenvalue weighted by Gasteiger charge is -2.23. The van der Waals surface area contributed by atoms with Crippen LogP contribution in [0.1, 0.15) is 47.0 Å². The summed E-state index contributed by atoms with van der Waals surface area (Å²) in [6.45, 7) is 7.27. The van der Waals surface area contributed by atoms with E-state index in [0.29, 0.717) is 23.8 Å². The summed E-state index contributed by atoms with van der Waals surface area (Å²) in [5.41, 5.74) is 0. The first-order chi connectivity index (χ1) is 10.2. The summed E-state index contributed by atoms with van der Waals surface area (Å²) in [7, 11) is 1.17. The number of hydroxylamine groups is 2. The smallest absolute Gasteiger partial charge is 0.328 e. The van der Waals surface area contributed by atoms with E-state index in [1.807, 2.05) is 27.7 Å². The Labute approximate surface area is 132 Å². The standard InChI is InChI=1S/C15H28N2O5/c1-10(2)6-7-13(18)16-12(8-11(3)4)15(20)17(21)9-14(19)22-5/h10-12,21H,6-9H2,1-5H3,(H,16,18)/t12-/m0/s1. The highest BCUT2D eigenvalue weighted by Gasteiger charge is 2.27. The Kier molecular flexibility index (Phi) is 9.40. The van der Waals surface area contributed by atoms with Crippen LogP contribution in [0, 0.1) is 11.8 Å². The molecule has 0 aliphatic carbocycles. The molecule has 0 unspecified atom stereocenters. The predicted octanol–water partition coefficient (Wildman–Crippen LogP) is 1.34. The number of rotatable bonds is 9. The highest BCUT2D eigenvalue weighted by Crippen LogP contribution is 2.09. The van der Waals surface area contributed by atoms with Crippen LogP contribution in [0.15, 0.2) is 0 Å². The first-order valence-corrected chi connectivity index (χ1v) is 7.53. The van der Waals surface area contributed by atoms with E-state index in [-0.39, 0.29) is 11.8 Å². The molecule has 0 bridgehead atoms. The van der Waals surface area contributed by atoms with Gasteiger partial charge in [-0.3, -0.25) is 19.6 Å². The molecule has 7 heteroatoms. The summed E-state index contributed by atoms with van der Waals surface area (Å²) >= 11 is 0. The fourth-order valence-corrected chi connectivity index (χ4v) is 1.82. The fraction of sp³-hybridized carbons (Fsp3) is 0.800. The zero-order chi connectivity index (χ0) is 17.3. The van der Waals surface area contributed by atoms with E-state index < -0.39 is 24.5 Å². The van der Waals surface area contributed by atoms with Crippen molar-refractivity contribution in [2.75, 3.05) is 13.7 Å². The lowest BCUT2D eigenvalue weighted by atomic mass is 10.0. The number of methoxy groups -OCH3 is 1. The Morgan fingerprint density at radius 1 is 1.14 bits per heavy atom. The Morgan fingerprint density at radius 3 is 2.18 bits per heavy atom. The van der Waals surface area contributed by atoms with E-state index >= 15 is 0 Å². The van der Waals surface area contributed by atoms with Gasteiger partial charge in [-0.25, -0.2) is 5.06 Å². The molecule has 0 saturated carbocycles. The molecule has 7 nitrogen and oxygen atoms in total. The minimum atomic E-state index is -0.852. The van der Waals surface area contributed by atoms with Crippen molar-refractivity contribution in [3.05, 3.63) is 0 Å². The van der Waals surface area contributed by atoms with E-state index in [9.17, 15) is 19.6 Å². The van der Waals surface area contributed by atoms with E-state index in [1.165, 1.54) is 7.11 Å². The monoisotopic (exact) mass is 316 g/mol. The van der Waals surface area contributed by atoms with Crippen LogP contribution in [0.2, 0.25) is 0 Å². The number of hydrogen-bond donors (Lipinski definition) is 2. The molecule has 0 aliphatic rings. The maximum absolute atomic E-state index is 12.2. The SMILES string of the molecule is COC(=O)CN(O)C(=O)[C@H](CC(C)C)NC(=O)CCC(C)C. The van der Waals surface area contributed by atoms with Crippen molar-refractivity contribution in [3.8, 4) is 0 Å². The van der Waals surface area contributed by atoms with Crippen molar-refractivity contribution < 1.29 is 24.3 Å². The maximum atomic E-state index is 12.2. The van der Waals surface area contributed by atoms with Crippen molar-refractivity contribution in [3.63, 3.8) is 0 Å². The summed E-state index contributed by atoms with van der Waals surface area (Å²) in [6, 6.07) is -0.852. The van der Waals surface area contributed by atoms with Crippen LogP contribution in [0.25, 0.3) is 0 Å². The Balaban J connectivity index is 4.70. The van der Waals surface area contributed by atoms with Crippen LogP contribution in [0.5, 0.6) is 0 Å². The molecule has 1 atom stereocenters. The van der Waals surface area contributed by atoms with E-state index in [1.54, 1.807) is 0 Å². The third kappa shape index (κ3) is 8.61. The summed E-state index contributed by atoms with van der Waals surface area (Å²) in [6.07, 6.45) is 1.42. The van der Waals surface area contributed by atoms with Gasteiger partial charge in [0, 0.05) is 6.42 Å². The third-order valence-corrected chi connectivity index (χ3v) is 3.05. The fourth-order valence-electron chi connectivity index (χ4n) is 1.82. The van der Waals surface area contributed by atoms with Crippen LogP contribution in [-0.2, 0) is 19.1 Å². The number of carbonyl (C=O) groups excluding carboxylic acids is 3. The second kappa shape index (κ2) is 10.2. The van der Waals surface area contributed by atoms with Crippen molar-refractivity contribution in [2.45, 2.75) is 53.0 Å². The van der Waals surface area contributed by atoms with Crippen molar-refractivity contribution in [1.29, 1.82) is 0 Å². The number of esters is 1. The summed E-state index contributed by atoms with van der Waals surface area (Å²) in [5, 5.41) is 12.6. The highest BCUT2D eigenvalue weighted by molar-refractivity contribution is 5.88. The average molecular weight is 316 g/mol. The lowest BCUT2D eigenvalue weighted by molar-refractivity contribution is -0.177. The van der Waals surface area contributed by atoms with Gasteiger partial charge in [0.25, 0.3) is 5.91 Å². The molecular weight excluding hydrogens is 288 g/mol. The second-order valence-corrected chi connectivity index (χ2v) is 6.15. The molecule has 2 N–H and O–H groups in total. The molecule has 0 heterocycles. The number of amides is 2. The first-order valence-electron chi connectivity index (χ1n) is 7.53. The van der Waals surface area contributed by atoms with Crippen LogP contribution < -0.4 is 5.32 Å². The van der Waals surface area contributed by atoms with Gasteiger partial charge in [0.1, 0.15) is 12.6 Å². The molecule has 128 valence electrons. The average Bonchev–Trinajstić information content (AvgIpc) is 2.42. The lowest BCUT2D eigenvalue weighted by Crippen LogP contribution is -2.49. The molecule has 0 rings (SSSR count). The molecule has 0 saturated heterocycles. The van der Waals surface area contributed by atoms with Gasteiger partial charge < -0.3 is 10.1 Å². The Morgan fingerprint density at radius 2 is 1.73 bits per heavy atom. The summed E-state index contributed by atoms with van der Waals surface area (Å²) < 4.78 is 4.40. The largest absolute Gasteiger partial charge is 0.468 e. The van der Waals surface area contributed by atoms with E-state index in [0.717, 1.165) is 6.42 Å². The quantitative estimate of drug-likeness (QED) is 0.380. The van der Waals surface area contributed by atoms with Gasteiger partial charge in [0.15, 0.2) is 0 Å². The first kappa shape index (κ1) is 20.4. The Bertz CT molecular complexity index is 382. The maximum Gasteiger partial charge on any atom is 0.328 e. The van der Waals surface area contributed by atoms with Crippen LogP contribution in [0.4, 0.5) is 0 Å². The van der Waals surface area contributed by atoms with Crippen molar-refractivity contribution in [2.24, 2.45) is 11.8 Å². The van der Waals surface area contributed by atoms with Gasteiger partial charge in [-0.15, -0.1) is 0 Å². The second-order valence-electron chi connectivity index (χ2n) is 6.15. The molecule has 0 aromatic heterocycles. The van der Waals surface area contributed by atoms with Crippen molar-refractivity contribution in [1.82, 2.24) is 10.4 Å². The minimum Gasteiger partial charge on any atom is -0.468 e. The predicted molar refractivity (Wildman–Crippen MR) is 81.0 cm³/mol. The number of nitrogens with one attached hydrogen (secondary N) is 1. The molecule has 0 spiro atoms. The minimum absolute atomic E-state index is 0.144. The molecule has 0 aliphatic heterocycles. The van der Waals surface area contributed by atoms with Gasteiger partial charge in [0.05, 0.1) is 7.11 Å². The van der Waals surface area contributed by atoms with Crippen LogP contribution in [-0.4, -0.2) is 47.8 Å². The summed E-state index contributed by atoms with van der Waals surface area (Å²) in [4.78, 5) is 35.2. The zero-order valence-corrected chi connectivity index (χ0v) is 14.1. The summed E-state index contributed by atoms with van der Waals surface area (Å²) in [5.74, 6) is -1.15. The van der Waals surface area contributed by atoms with Gasteiger partial charge in [0.2, 0.25) is 5.91 Å². The molecule has 0 fully saturated rings. The highest BCUT2D eigenvalue weighted by atomic mass is 16.5. The van der Waals surface area contributed by atoms with Crippen LogP contribution in [0.3, 0.4) is 0 Å². The molecule has 2 amide bonds. The molecule has 0 aromatic carbocycles. The van der Waals surface area contributed by atoms with Crippen LogP contribution >= 0.6 is 0 Å². The number of ether oxygens (including phenoxy) is 1. The van der Waals surface area contributed by atoms with Gasteiger partial charge in [-0.2, -0.15) is 0 Å². The van der Waals surface area contributed by atoms with E-state index in [4.69, 9.17) is 0 Å². The number of nitrogens with zero attached hydrogens (tertiary/aromatic N) is 1. The Hall–Kier alpha value is -1.63. The molecule has 0 radical (unpaired) electrons. The normalized spacial score (nSPS) is 12.2.